The van der Waals surface area contributed by atoms with E-state index in [2.05, 4.69) is 5.32 Å². The Morgan fingerprint density at radius 2 is 2.00 bits per heavy atom. The molecule has 0 aliphatic rings. The van der Waals surface area contributed by atoms with Gasteiger partial charge in [-0.05, 0) is 25.0 Å². The third-order valence-corrected chi connectivity index (χ3v) is 4.96. The van der Waals surface area contributed by atoms with Gasteiger partial charge in [0.05, 0.1) is 11.4 Å². The van der Waals surface area contributed by atoms with E-state index < -0.39 is 10.0 Å². The number of amides is 1. The van der Waals surface area contributed by atoms with Gasteiger partial charge in [0.1, 0.15) is 0 Å². The summed E-state index contributed by atoms with van der Waals surface area (Å²) in [5.41, 5.74) is 0.657. The van der Waals surface area contributed by atoms with Gasteiger partial charge in [-0.1, -0.05) is 18.2 Å². The molecule has 118 valence electrons. The van der Waals surface area contributed by atoms with Gasteiger partial charge in [-0.15, -0.1) is 0 Å². The molecule has 0 heterocycles. The number of hydrogen-bond donors (Lipinski definition) is 1. The van der Waals surface area contributed by atoms with Crippen molar-refractivity contribution >= 4 is 15.9 Å². The first-order valence-electron chi connectivity index (χ1n) is 6.67. The van der Waals surface area contributed by atoms with Crippen molar-refractivity contribution < 1.29 is 17.9 Å². The Balaban J connectivity index is 2.64. The fraction of sp³-hybridized carbons (Fsp3) is 0.500. The highest BCUT2D eigenvalue weighted by Crippen LogP contribution is 2.17. The van der Waals surface area contributed by atoms with Gasteiger partial charge in [0, 0.05) is 27.3 Å². The molecular formula is C14H22N2O4S. The Bertz CT molecular complexity index is 572. The molecule has 0 bridgehead atoms. The molecule has 0 aliphatic heterocycles. The summed E-state index contributed by atoms with van der Waals surface area (Å²) < 4.78 is 30.7. The molecule has 0 radical (unpaired) electrons. The predicted octanol–water partition coefficient (Wildman–Crippen LogP) is 0.768. The van der Waals surface area contributed by atoms with Gasteiger partial charge < -0.3 is 10.1 Å². The van der Waals surface area contributed by atoms with Crippen LogP contribution in [0.4, 0.5) is 0 Å². The molecule has 0 aliphatic carbocycles. The first-order chi connectivity index (χ1) is 9.89. The smallest absolute Gasteiger partial charge is 0.243 e. The van der Waals surface area contributed by atoms with Gasteiger partial charge >= 0.3 is 0 Å². The standard InChI is InChI=1S/C14H22N2O4S/c1-12-7-4-5-8-13(12)21(18,19)16(2)11-14(17)15-9-6-10-20-3/h4-5,7-8H,6,9-11H2,1-3H3,(H,15,17). The van der Waals surface area contributed by atoms with Crippen molar-refractivity contribution in [2.45, 2.75) is 18.2 Å². The monoisotopic (exact) mass is 314 g/mol. The lowest BCUT2D eigenvalue weighted by Gasteiger charge is -2.18. The Labute approximate surface area is 126 Å². The van der Waals surface area contributed by atoms with Crippen molar-refractivity contribution in [1.29, 1.82) is 0 Å². The third-order valence-electron chi connectivity index (χ3n) is 3.00. The van der Waals surface area contributed by atoms with Crippen LogP contribution in [0.25, 0.3) is 0 Å². The molecule has 1 aromatic carbocycles. The summed E-state index contributed by atoms with van der Waals surface area (Å²) in [6.07, 6.45) is 0.691. The highest BCUT2D eigenvalue weighted by Gasteiger charge is 2.24. The second-order valence-electron chi connectivity index (χ2n) is 4.72. The molecule has 21 heavy (non-hydrogen) atoms. The van der Waals surface area contributed by atoms with E-state index in [9.17, 15) is 13.2 Å². The summed E-state index contributed by atoms with van der Waals surface area (Å²) in [5.74, 6) is -0.328. The number of nitrogens with one attached hydrogen (secondary N) is 1. The molecule has 0 fully saturated rings. The molecule has 0 saturated heterocycles. The van der Waals surface area contributed by atoms with Gasteiger partial charge in [-0.25, -0.2) is 8.42 Å². The lowest BCUT2D eigenvalue weighted by atomic mass is 10.2. The van der Waals surface area contributed by atoms with Crippen molar-refractivity contribution in [2.24, 2.45) is 0 Å². The van der Waals surface area contributed by atoms with E-state index in [4.69, 9.17) is 4.74 Å². The van der Waals surface area contributed by atoms with Crippen molar-refractivity contribution in [3.05, 3.63) is 29.8 Å². The molecule has 1 rings (SSSR count). The van der Waals surface area contributed by atoms with Gasteiger partial charge in [0.15, 0.2) is 0 Å². The lowest BCUT2D eigenvalue weighted by molar-refractivity contribution is -0.121. The number of carbonyl (C=O) groups is 1. The van der Waals surface area contributed by atoms with Crippen LogP contribution in [0.15, 0.2) is 29.2 Å². The van der Waals surface area contributed by atoms with E-state index in [0.717, 1.165) is 4.31 Å². The van der Waals surface area contributed by atoms with Crippen LogP contribution in [0, 0.1) is 6.92 Å². The number of carbonyl (C=O) groups excluding carboxylic acids is 1. The number of methoxy groups -OCH3 is 1. The van der Waals surface area contributed by atoms with Crippen LogP contribution in [-0.2, 0) is 19.6 Å². The molecule has 0 unspecified atom stereocenters. The van der Waals surface area contributed by atoms with E-state index in [1.807, 2.05) is 0 Å². The summed E-state index contributed by atoms with van der Waals surface area (Å²) in [5, 5.41) is 2.66. The maximum absolute atomic E-state index is 12.4. The Morgan fingerprint density at radius 1 is 1.33 bits per heavy atom. The Morgan fingerprint density at radius 3 is 2.62 bits per heavy atom. The maximum atomic E-state index is 12.4. The molecule has 0 aromatic heterocycles. The number of aryl methyl sites for hydroxylation is 1. The van der Waals surface area contributed by atoms with E-state index in [1.165, 1.54) is 13.1 Å². The zero-order valence-corrected chi connectivity index (χ0v) is 13.4. The molecule has 1 amide bonds. The highest BCUT2D eigenvalue weighted by molar-refractivity contribution is 7.89. The van der Waals surface area contributed by atoms with Crippen molar-refractivity contribution in [2.75, 3.05) is 33.9 Å². The number of benzene rings is 1. The van der Waals surface area contributed by atoms with Crippen molar-refractivity contribution in [3.63, 3.8) is 0 Å². The maximum Gasteiger partial charge on any atom is 0.243 e. The first kappa shape index (κ1) is 17.6. The number of ether oxygens (including phenoxy) is 1. The van der Waals surface area contributed by atoms with E-state index in [-0.39, 0.29) is 17.3 Å². The SMILES string of the molecule is COCCCNC(=O)CN(C)S(=O)(=O)c1ccccc1C. The average molecular weight is 314 g/mol. The van der Waals surface area contributed by atoms with Crippen LogP contribution in [0.3, 0.4) is 0 Å². The first-order valence-corrected chi connectivity index (χ1v) is 8.11. The van der Waals surface area contributed by atoms with Crippen LogP contribution in [-0.4, -0.2) is 52.5 Å². The largest absolute Gasteiger partial charge is 0.385 e. The zero-order valence-electron chi connectivity index (χ0n) is 12.6. The molecule has 7 heteroatoms. The second-order valence-corrected chi connectivity index (χ2v) is 6.74. The summed E-state index contributed by atoms with van der Waals surface area (Å²) in [7, 11) is -0.665. The van der Waals surface area contributed by atoms with Crippen LogP contribution in [0.1, 0.15) is 12.0 Å². The van der Waals surface area contributed by atoms with Crippen LogP contribution in [0.5, 0.6) is 0 Å². The van der Waals surface area contributed by atoms with Crippen LogP contribution in [0.2, 0.25) is 0 Å². The van der Waals surface area contributed by atoms with E-state index in [0.29, 0.717) is 25.1 Å². The minimum Gasteiger partial charge on any atom is -0.385 e. The number of sulfonamides is 1. The molecule has 1 N–H and O–H groups in total. The number of nitrogens with zero attached hydrogens (tertiary/aromatic N) is 1. The Kier molecular flexibility index (Phi) is 6.80. The van der Waals surface area contributed by atoms with Gasteiger partial charge in [0.25, 0.3) is 0 Å². The number of hydrogen-bond acceptors (Lipinski definition) is 4. The fourth-order valence-electron chi connectivity index (χ4n) is 1.80. The second kappa shape index (κ2) is 8.11. The molecular weight excluding hydrogens is 292 g/mol. The minimum atomic E-state index is -3.65. The normalized spacial score (nSPS) is 11.6. The van der Waals surface area contributed by atoms with Gasteiger partial charge in [-0.2, -0.15) is 4.31 Å². The molecule has 0 atom stereocenters. The quantitative estimate of drug-likeness (QED) is 0.719. The molecule has 0 spiro atoms. The Hall–Kier alpha value is -1.44. The van der Waals surface area contributed by atoms with Crippen LogP contribution < -0.4 is 5.32 Å². The average Bonchev–Trinajstić information content (AvgIpc) is 2.43. The molecule has 1 aromatic rings. The summed E-state index contributed by atoms with van der Waals surface area (Å²) in [4.78, 5) is 11.9. The van der Waals surface area contributed by atoms with E-state index in [1.54, 1.807) is 32.2 Å². The van der Waals surface area contributed by atoms with Crippen molar-refractivity contribution in [3.8, 4) is 0 Å². The summed E-state index contributed by atoms with van der Waals surface area (Å²) in [6, 6.07) is 6.71. The predicted molar refractivity (Wildman–Crippen MR) is 80.5 cm³/mol. The number of rotatable bonds is 8. The third kappa shape index (κ3) is 5.11. The minimum absolute atomic E-state index is 0.205. The highest BCUT2D eigenvalue weighted by atomic mass is 32.2. The van der Waals surface area contributed by atoms with Gasteiger partial charge in [0.2, 0.25) is 15.9 Å². The summed E-state index contributed by atoms with van der Waals surface area (Å²) in [6.45, 7) is 2.54. The van der Waals surface area contributed by atoms with Crippen molar-refractivity contribution in [1.82, 2.24) is 9.62 Å². The zero-order chi connectivity index (χ0) is 15.9. The topological polar surface area (TPSA) is 75.7 Å². The lowest BCUT2D eigenvalue weighted by Crippen LogP contribution is -2.39. The molecule has 0 saturated carbocycles. The van der Waals surface area contributed by atoms with Gasteiger partial charge in [-0.3, -0.25) is 4.79 Å². The van der Waals surface area contributed by atoms with E-state index >= 15 is 0 Å². The van der Waals surface area contributed by atoms with Crippen LogP contribution >= 0.6 is 0 Å². The molecule has 6 nitrogen and oxygen atoms in total. The summed E-state index contributed by atoms with van der Waals surface area (Å²) >= 11 is 0. The number of likely N-dealkylation sites (N-methyl/N-ethyl adjacent to an activating group) is 1. The fourth-order valence-corrected chi connectivity index (χ4v) is 3.15.